The summed E-state index contributed by atoms with van der Waals surface area (Å²) in [6, 6.07) is 10.3. The van der Waals surface area contributed by atoms with Crippen LogP contribution in [0.25, 0.3) is 0 Å². The van der Waals surface area contributed by atoms with Gasteiger partial charge in [0.1, 0.15) is 23.1 Å². The van der Waals surface area contributed by atoms with Crippen LogP contribution in [0.15, 0.2) is 65.9 Å². The van der Waals surface area contributed by atoms with E-state index in [-0.39, 0.29) is 57.3 Å². The first kappa shape index (κ1) is 52.6. The number of carbonyl (C=O) groups is 2. The molecule has 1 saturated carbocycles. The van der Waals surface area contributed by atoms with E-state index < -0.39 is 35.5 Å². The van der Waals surface area contributed by atoms with Gasteiger partial charge in [0.05, 0.1) is 25.3 Å². The maximum Gasteiger partial charge on any atom is 0.412 e. The van der Waals surface area contributed by atoms with E-state index in [9.17, 15) is 19.8 Å². The van der Waals surface area contributed by atoms with Crippen LogP contribution in [-0.4, -0.2) is 90.7 Å². The third kappa shape index (κ3) is 13.5. The topological polar surface area (TPSA) is 167 Å². The molecule has 4 aliphatic rings. The van der Waals surface area contributed by atoms with E-state index in [0.717, 1.165) is 61.6 Å². The van der Waals surface area contributed by atoms with Gasteiger partial charge in [0.25, 0.3) is 0 Å². The van der Waals surface area contributed by atoms with E-state index >= 15 is 0 Å². The van der Waals surface area contributed by atoms with Crippen LogP contribution in [0.4, 0.5) is 9.59 Å². The normalized spacial score (nSPS) is 22.9. The van der Waals surface area contributed by atoms with Crippen molar-refractivity contribution in [1.82, 2.24) is 10.2 Å². The van der Waals surface area contributed by atoms with Crippen LogP contribution in [0.5, 0.6) is 23.0 Å². The van der Waals surface area contributed by atoms with Crippen molar-refractivity contribution in [3.63, 3.8) is 0 Å². The maximum absolute atomic E-state index is 14.4. The molecule has 2 aliphatic heterocycles. The SMILES string of the molecule is C=CCO[C@@]12Oc3ccc(OC(=O)NCCCCCCCCCCCC)cc3[C@H]3[C@H](CCCCO)[C@@H](CCCCO)C=C(C(=NOC(C)(C)C)C[C@@H]1N(Cc1ccc4c(c1)OCO4)C(=O)OC)[C@H]32. The maximum atomic E-state index is 14.4. The number of ether oxygens (including phenoxy) is 6. The number of aliphatic hydroxyl groups is 2. The summed E-state index contributed by atoms with van der Waals surface area (Å²) in [6.07, 6.45) is 19.5. The summed E-state index contributed by atoms with van der Waals surface area (Å²) >= 11 is 0. The zero-order valence-corrected chi connectivity index (χ0v) is 41.4. The minimum absolute atomic E-state index is 0.0206. The monoisotopic (exact) mass is 946 g/mol. The number of allylic oxidation sites excluding steroid dienone is 1. The number of aliphatic hydroxyl groups excluding tert-OH is 2. The van der Waals surface area contributed by atoms with Crippen molar-refractivity contribution >= 4 is 17.9 Å². The van der Waals surface area contributed by atoms with Gasteiger partial charge in [-0.25, -0.2) is 9.59 Å². The van der Waals surface area contributed by atoms with Crippen LogP contribution in [0.3, 0.4) is 0 Å². The van der Waals surface area contributed by atoms with Gasteiger partial charge >= 0.3 is 12.2 Å². The van der Waals surface area contributed by atoms with Crippen LogP contribution in [-0.2, 0) is 20.9 Å². The van der Waals surface area contributed by atoms with Crippen molar-refractivity contribution in [1.29, 1.82) is 0 Å². The van der Waals surface area contributed by atoms with Crippen molar-refractivity contribution in [2.75, 3.05) is 40.3 Å². The van der Waals surface area contributed by atoms with Crippen LogP contribution < -0.4 is 24.3 Å². The Labute approximate surface area is 404 Å². The molecule has 1 fully saturated rings. The van der Waals surface area contributed by atoms with Crippen molar-refractivity contribution < 1.29 is 53.1 Å². The molecule has 0 aromatic heterocycles. The van der Waals surface area contributed by atoms with Gasteiger partial charge in [-0.2, -0.15) is 0 Å². The minimum atomic E-state index is -1.51. The fraction of sp³-hybridized carbons (Fsp3) is 0.648. The third-order valence-electron chi connectivity index (χ3n) is 13.7. The summed E-state index contributed by atoms with van der Waals surface area (Å²) in [7, 11) is 1.36. The molecular formula is C54H79N3O11. The number of hydrogen-bond donors (Lipinski definition) is 3. The Morgan fingerprint density at radius 2 is 1.59 bits per heavy atom. The molecule has 3 N–H and O–H groups in total. The van der Waals surface area contributed by atoms with Crippen molar-refractivity contribution in [2.45, 2.75) is 167 Å². The summed E-state index contributed by atoms with van der Waals surface area (Å²) in [5.41, 5.74) is 2.54. The summed E-state index contributed by atoms with van der Waals surface area (Å²) in [4.78, 5) is 35.6. The molecule has 6 atom stereocenters. The molecular weight excluding hydrogens is 867 g/mol. The highest BCUT2D eigenvalue weighted by Crippen LogP contribution is 2.62. The van der Waals surface area contributed by atoms with E-state index in [4.69, 9.17) is 38.4 Å². The van der Waals surface area contributed by atoms with E-state index in [1.54, 1.807) is 17.0 Å². The number of carbonyl (C=O) groups excluding carboxylic acids is 2. The Bertz CT molecular complexity index is 2020. The molecule has 2 aromatic rings. The molecule has 0 saturated heterocycles. The Kier molecular flexibility index (Phi) is 19.9. The second-order valence-electron chi connectivity index (χ2n) is 19.8. The van der Waals surface area contributed by atoms with Crippen molar-refractivity contribution in [2.24, 2.45) is 22.9 Å². The highest BCUT2D eigenvalue weighted by atomic mass is 16.7. The van der Waals surface area contributed by atoms with Crippen molar-refractivity contribution in [3.05, 3.63) is 71.8 Å². The summed E-state index contributed by atoms with van der Waals surface area (Å²) in [5, 5.41) is 27.8. The van der Waals surface area contributed by atoms with Gasteiger partial charge in [-0.15, -0.1) is 6.58 Å². The molecule has 376 valence electrons. The molecule has 14 heteroatoms. The lowest BCUT2D eigenvalue weighted by molar-refractivity contribution is -0.256. The summed E-state index contributed by atoms with van der Waals surface area (Å²) in [6.45, 7) is 13.1. The van der Waals surface area contributed by atoms with Crippen LogP contribution in [0, 0.1) is 17.8 Å². The first-order valence-electron chi connectivity index (χ1n) is 25.4. The van der Waals surface area contributed by atoms with E-state index in [1.165, 1.54) is 52.1 Å². The summed E-state index contributed by atoms with van der Waals surface area (Å²) < 4.78 is 37.4. The lowest BCUT2D eigenvalue weighted by atomic mass is 9.55. The van der Waals surface area contributed by atoms with Crippen LogP contribution >= 0.6 is 0 Å². The molecule has 68 heavy (non-hydrogen) atoms. The average molecular weight is 946 g/mol. The molecule has 0 bridgehead atoms. The Hall–Kier alpha value is -4.79. The first-order valence-corrected chi connectivity index (χ1v) is 25.4. The predicted octanol–water partition coefficient (Wildman–Crippen LogP) is 11.1. The zero-order chi connectivity index (χ0) is 48.5. The molecule has 6 rings (SSSR count). The smallest absolute Gasteiger partial charge is 0.412 e. The standard InChI is InChI=1S/C54H79N3O11/c1-7-9-10-11-12-13-14-15-16-19-28-55-51(60)66-40-25-27-45-43(34-40)49-41(23-18-21-30-59)39(22-17-20-29-58)33-42-44(56-68-53(3,4)5)35-48(54(67-45,50(42)49)65-31-8-2)57(52(61)62-6)36-38-24-26-46-47(32-38)64-37-63-46/h8,24-27,32-34,39,41,48-50,58-59H,2,7,9-23,28-31,35-37H2,1,3-6H3,(H,55,60)/t39-,41+,48-,49+,50+,54+/m0/s1. The lowest BCUT2D eigenvalue weighted by Gasteiger charge is -2.59. The number of nitrogens with one attached hydrogen (secondary N) is 1. The minimum Gasteiger partial charge on any atom is -0.459 e. The average Bonchev–Trinajstić information content (AvgIpc) is 3.80. The number of benzene rings is 2. The Balaban J connectivity index is 1.40. The lowest BCUT2D eigenvalue weighted by Crippen LogP contribution is -2.70. The Morgan fingerprint density at radius 1 is 0.897 bits per heavy atom. The quantitative estimate of drug-likeness (QED) is 0.0443. The molecule has 0 unspecified atom stereocenters. The summed E-state index contributed by atoms with van der Waals surface area (Å²) in [5.74, 6) is -0.255. The number of rotatable bonds is 27. The van der Waals surface area contributed by atoms with Gasteiger partial charge in [0, 0.05) is 44.2 Å². The highest BCUT2D eigenvalue weighted by molar-refractivity contribution is 6.03. The van der Waals surface area contributed by atoms with Gasteiger partial charge < -0.3 is 48.8 Å². The number of fused-ring (bicyclic) bond motifs is 3. The zero-order valence-electron chi connectivity index (χ0n) is 41.4. The number of amides is 2. The van der Waals surface area contributed by atoms with Gasteiger partial charge in [-0.05, 0) is 106 Å². The largest absolute Gasteiger partial charge is 0.459 e. The van der Waals surface area contributed by atoms with Gasteiger partial charge in [-0.1, -0.05) is 101 Å². The molecule has 2 aliphatic carbocycles. The Morgan fingerprint density at radius 3 is 2.28 bits per heavy atom. The van der Waals surface area contributed by atoms with Gasteiger partial charge in [-0.3, -0.25) is 4.90 Å². The van der Waals surface area contributed by atoms with Crippen molar-refractivity contribution in [3.8, 4) is 23.0 Å². The molecule has 2 amide bonds. The fourth-order valence-electron chi connectivity index (χ4n) is 10.5. The predicted molar refractivity (Wildman–Crippen MR) is 262 cm³/mol. The number of oxime groups is 1. The van der Waals surface area contributed by atoms with Gasteiger partial charge in [0.2, 0.25) is 12.6 Å². The molecule has 2 aromatic carbocycles. The fourth-order valence-corrected chi connectivity index (χ4v) is 10.5. The number of nitrogens with zero attached hydrogens (tertiary/aromatic N) is 2. The second-order valence-corrected chi connectivity index (χ2v) is 19.8. The molecule has 0 spiro atoms. The van der Waals surface area contributed by atoms with Gasteiger partial charge in [0.15, 0.2) is 11.5 Å². The molecule has 14 nitrogen and oxygen atoms in total. The van der Waals surface area contributed by atoms with E-state index in [1.807, 2.05) is 51.1 Å². The highest BCUT2D eigenvalue weighted by Gasteiger charge is 2.65. The number of hydrogen-bond acceptors (Lipinski definition) is 12. The molecule has 2 heterocycles. The van der Waals surface area contributed by atoms with E-state index in [2.05, 4.69) is 24.9 Å². The van der Waals surface area contributed by atoms with E-state index in [0.29, 0.717) is 48.1 Å². The van der Waals surface area contributed by atoms with Crippen LogP contribution in [0.2, 0.25) is 0 Å². The number of unbranched alkanes of at least 4 members (excludes halogenated alkanes) is 11. The second kappa shape index (κ2) is 25.7. The first-order chi connectivity index (χ1) is 33.0. The third-order valence-corrected chi connectivity index (χ3v) is 13.7. The number of methoxy groups -OCH3 is 1. The van der Waals surface area contributed by atoms with Crippen LogP contribution in [0.1, 0.15) is 154 Å². The molecule has 0 radical (unpaired) electrons.